The van der Waals surface area contributed by atoms with Crippen molar-refractivity contribution >= 4 is 29.9 Å². The lowest BCUT2D eigenvalue weighted by Crippen LogP contribution is -2.55. The van der Waals surface area contributed by atoms with Gasteiger partial charge in [-0.3, -0.25) is 19.2 Å². The molecular weight excluding hydrogens is 412 g/mol. The van der Waals surface area contributed by atoms with Crippen LogP contribution in [0, 0.1) is 5.92 Å². The monoisotopic (exact) mass is 444 g/mol. The first-order valence-electron chi connectivity index (χ1n) is 10.4. The Labute approximate surface area is 188 Å². The molecule has 32 heavy (non-hydrogen) atoms. The molecule has 4 N–H and O–H groups in total. The third kappa shape index (κ3) is 10.0. The minimum atomic E-state index is -0.972. The molecule has 4 amide bonds. The molecule has 0 spiro atoms. The van der Waals surface area contributed by atoms with Crippen LogP contribution in [0.15, 0.2) is 42.5 Å². The number of aldehydes is 1. The first-order valence-corrected chi connectivity index (χ1v) is 10.4. The van der Waals surface area contributed by atoms with E-state index in [1.54, 1.807) is 0 Å². The van der Waals surface area contributed by atoms with Gasteiger partial charge in [0.15, 0.2) is 0 Å². The minimum absolute atomic E-state index is 0.0989. The highest BCUT2D eigenvalue weighted by Crippen LogP contribution is 2.08. The topological polar surface area (TPSA) is 133 Å². The van der Waals surface area contributed by atoms with Gasteiger partial charge in [0.05, 0.1) is 13.1 Å². The van der Waals surface area contributed by atoms with Gasteiger partial charge in [-0.05, 0) is 24.8 Å². The smallest absolute Gasteiger partial charge is 0.246 e. The van der Waals surface area contributed by atoms with Gasteiger partial charge < -0.3 is 26.1 Å². The van der Waals surface area contributed by atoms with E-state index in [1.807, 2.05) is 44.2 Å². The van der Waals surface area contributed by atoms with Crippen LogP contribution in [0.25, 0.3) is 0 Å². The van der Waals surface area contributed by atoms with Gasteiger partial charge >= 0.3 is 0 Å². The van der Waals surface area contributed by atoms with Crippen LogP contribution in [0.3, 0.4) is 0 Å². The number of carbonyl (C=O) groups excluding carboxylic acids is 5. The van der Waals surface area contributed by atoms with Gasteiger partial charge in [-0.15, -0.1) is 0 Å². The molecule has 0 saturated carbocycles. The van der Waals surface area contributed by atoms with E-state index in [1.165, 1.54) is 6.92 Å². The molecule has 2 unspecified atom stereocenters. The number of hydrogen-bond donors (Lipinski definition) is 4. The summed E-state index contributed by atoms with van der Waals surface area (Å²) in [6.45, 7) is 8.35. The first-order chi connectivity index (χ1) is 15.1. The number of benzene rings is 1. The zero-order valence-electron chi connectivity index (χ0n) is 18.8. The number of hydrogen-bond acceptors (Lipinski definition) is 5. The van der Waals surface area contributed by atoms with Gasteiger partial charge in [-0.1, -0.05) is 50.8 Å². The fraction of sp³-hybridized carbons (Fsp3) is 0.435. The van der Waals surface area contributed by atoms with Crippen molar-refractivity contribution in [1.29, 1.82) is 0 Å². The van der Waals surface area contributed by atoms with Crippen molar-refractivity contribution < 1.29 is 24.0 Å². The van der Waals surface area contributed by atoms with Crippen molar-refractivity contribution in [2.24, 2.45) is 5.92 Å². The van der Waals surface area contributed by atoms with E-state index >= 15 is 0 Å². The quantitative estimate of drug-likeness (QED) is 0.256. The Balaban J connectivity index is 2.94. The summed E-state index contributed by atoms with van der Waals surface area (Å²) in [6.07, 6.45) is 1.11. The van der Waals surface area contributed by atoms with E-state index in [9.17, 15) is 24.0 Å². The Kier molecular flexibility index (Phi) is 11.4. The Bertz CT molecular complexity index is 823. The average molecular weight is 445 g/mol. The second-order valence-electron chi connectivity index (χ2n) is 7.88. The predicted octanol–water partition coefficient (Wildman–Crippen LogP) is 0.252. The van der Waals surface area contributed by atoms with Gasteiger partial charge in [0, 0.05) is 12.0 Å². The molecule has 0 radical (unpaired) electrons. The SMILES string of the molecule is C=C(C)C(=O)NCC(=O)NC(Cc1ccccc1)C(=O)NC(CC(C)C)C(=O)NCC=O. The Morgan fingerprint density at radius 1 is 0.969 bits per heavy atom. The molecule has 1 rings (SSSR count). The molecule has 1 aromatic carbocycles. The number of amides is 4. The molecule has 1 aromatic rings. The molecular formula is C23H32N4O5. The van der Waals surface area contributed by atoms with Gasteiger partial charge in [-0.2, -0.15) is 0 Å². The molecule has 9 heteroatoms. The van der Waals surface area contributed by atoms with Crippen LogP contribution >= 0.6 is 0 Å². The molecule has 0 aliphatic rings. The first kappa shape index (κ1) is 26.5. The fourth-order valence-corrected chi connectivity index (χ4v) is 2.86. The average Bonchev–Trinajstić information content (AvgIpc) is 2.75. The molecule has 0 fully saturated rings. The van der Waals surface area contributed by atoms with Gasteiger partial charge in [0.1, 0.15) is 18.4 Å². The van der Waals surface area contributed by atoms with Crippen molar-refractivity contribution in [3.05, 3.63) is 48.0 Å². The number of carbonyl (C=O) groups is 5. The summed E-state index contributed by atoms with van der Waals surface area (Å²) < 4.78 is 0. The number of nitrogens with one attached hydrogen (secondary N) is 4. The molecule has 0 aromatic heterocycles. The van der Waals surface area contributed by atoms with Gasteiger partial charge in [0.2, 0.25) is 23.6 Å². The van der Waals surface area contributed by atoms with Crippen LogP contribution < -0.4 is 21.3 Å². The van der Waals surface area contributed by atoms with Crippen LogP contribution in [0.2, 0.25) is 0 Å². The summed E-state index contributed by atoms with van der Waals surface area (Å²) in [5.74, 6) is -1.94. The maximum Gasteiger partial charge on any atom is 0.246 e. The lowest BCUT2D eigenvalue weighted by molar-refractivity contribution is -0.132. The van der Waals surface area contributed by atoms with E-state index in [0.29, 0.717) is 12.7 Å². The largest absolute Gasteiger partial charge is 0.348 e. The minimum Gasteiger partial charge on any atom is -0.348 e. The van der Waals surface area contributed by atoms with Gasteiger partial charge in [-0.25, -0.2) is 0 Å². The third-order valence-electron chi connectivity index (χ3n) is 4.43. The zero-order chi connectivity index (χ0) is 24.1. The van der Waals surface area contributed by atoms with Crippen molar-refractivity contribution in [3.8, 4) is 0 Å². The summed E-state index contributed by atoms with van der Waals surface area (Å²) in [6, 6.07) is 7.26. The highest BCUT2D eigenvalue weighted by Gasteiger charge is 2.27. The van der Waals surface area contributed by atoms with Crippen molar-refractivity contribution in [2.45, 2.75) is 45.7 Å². The summed E-state index contributed by atoms with van der Waals surface area (Å²) in [5.41, 5.74) is 1.07. The van der Waals surface area contributed by atoms with Crippen LogP contribution in [-0.4, -0.2) is 55.1 Å². The second kappa shape index (κ2) is 13.7. The summed E-state index contributed by atoms with van der Waals surface area (Å²) >= 11 is 0. The third-order valence-corrected chi connectivity index (χ3v) is 4.43. The second-order valence-corrected chi connectivity index (χ2v) is 7.88. The van der Waals surface area contributed by atoms with E-state index in [4.69, 9.17) is 0 Å². The predicted molar refractivity (Wildman–Crippen MR) is 120 cm³/mol. The van der Waals surface area contributed by atoms with Crippen LogP contribution in [0.5, 0.6) is 0 Å². The Hall–Kier alpha value is -3.49. The fourth-order valence-electron chi connectivity index (χ4n) is 2.86. The highest BCUT2D eigenvalue weighted by molar-refractivity contribution is 5.96. The van der Waals surface area contributed by atoms with E-state index in [0.717, 1.165) is 5.56 Å². The molecule has 0 heterocycles. The lowest BCUT2D eigenvalue weighted by atomic mass is 10.0. The maximum absolute atomic E-state index is 13.0. The van der Waals surface area contributed by atoms with Crippen LogP contribution in [-0.2, 0) is 30.4 Å². The van der Waals surface area contributed by atoms with E-state index < -0.39 is 35.7 Å². The molecule has 9 nitrogen and oxygen atoms in total. The Morgan fingerprint density at radius 3 is 2.19 bits per heavy atom. The number of rotatable bonds is 13. The summed E-state index contributed by atoms with van der Waals surface area (Å²) in [5, 5.41) is 10.2. The van der Waals surface area contributed by atoms with Crippen molar-refractivity contribution in [3.63, 3.8) is 0 Å². The standard InChI is InChI=1S/C23H32N4O5/c1-15(2)12-18(22(31)24-10-11-28)27-23(32)19(13-17-8-6-5-7-9-17)26-20(29)14-25-21(30)16(3)4/h5-9,11,15,18-19H,3,10,12-14H2,1-2,4H3,(H,24,31)(H,25,30)(H,26,29)(H,27,32). The molecule has 2 atom stereocenters. The van der Waals surface area contributed by atoms with E-state index in [-0.39, 0.29) is 31.0 Å². The van der Waals surface area contributed by atoms with Crippen molar-refractivity contribution in [1.82, 2.24) is 21.3 Å². The summed E-state index contributed by atoms with van der Waals surface area (Å²) in [4.78, 5) is 60.0. The Morgan fingerprint density at radius 2 is 1.62 bits per heavy atom. The maximum atomic E-state index is 13.0. The van der Waals surface area contributed by atoms with Crippen LogP contribution in [0.1, 0.15) is 32.8 Å². The highest BCUT2D eigenvalue weighted by atomic mass is 16.2. The molecule has 0 aliphatic carbocycles. The molecule has 0 bridgehead atoms. The van der Waals surface area contributed by atoms with Crippen LogP contribution in [0.4, 0.5) is 0 Å². The molecule has 0 aliphatic heterocycles. The molecule has 0 saturated heterocycles. The van der Waals surface area contributed by atoms with E-state index in [2.05, 4.69) is 27.8 Å². The summed E-state index contributed by atoms with van der Waals surface area (Å²) in [7, 11) is 0. The van der Waals surface area contributed by atoms with Gasteiger partial charge in [0.25, 0.3) is 0 Å². The van der Waals surface area contributed by atoms with Crippen molar-refractivity contribution in [2.75, 3.05) is 13.1 Å². The zero-order valence-corrected chi connectivity index (χ0v) is 18.8. The molecule has 174 valence electrons. The lowest BCUT2D eigenvalue weighted by Gasteiger charge is -2.24. The normalized spacial score (nSPS) is 12.2.